The average Bonchev–Trinajstić information content (AvgIpc) is 0.925. The Morgan fingerprint density at radius 3 is 0.569 bits per heavy atom. The van der Waals surface area contributed by atoms with Crippen LogP contribution in [0.3, 0.4) is 0 Å². The third-order valence-corrected chi connectivity index (χ3v) is 29.0. The van der Waals surface area contributed by atoms with Gasteiger partial charge >= 0.3 is 71.6 Å². The van der Waals surface area contributed by atoms with Gasteiger partial charge in [0.2, 0.25) is 0 Å². The number of carboxylic acids is 12. The topological polar surface area (TPSA) is 594 Å². The number of para-hydroxylation sites is 4. The van der Waals surface area contributed by atoms with Gasteiger partial charge in [-0.3, -0.25) is 37.6 Å². The molecule has 0 unspecified atom stereocenters. The molecule has 36 heteroatoms. The number of imidazole rings is 2. The molecule has 0 aliphatic heterocycles. The standard InChI is InChI=1S/C56H22N2O20.C52H20N4O10/c59-45-29-11-25-33-21(53(71)72)1-2-22(54(73)74)34(33)26-12-30-38-32(48(62)58(46(30)60)20-9-17(51(67)68)6-18(10-20)52(69)70)14-28-36-24(56(77)78)4-3-23(55(75)76)35(36)27-13-31(37(29)43-39(25)40(26)44(38)42(28)41(27)43)47(61)57(45)19-7-15(49(63)64)5-16(8-19)50(65)66;57-47-27-15-23-35-19(51(63)64)11-12-20(52(65)66)36(35)24-16-28-38-26(46-54-30-6-2-4-8-32(30)56(46)48(28)58)14-22-34-18(50(61)62)10-9-17(49(59)60)33(34)21-13-25(45-53-29-5-1-3-7-31(29)55(45)47)37(27)43-39(21)40(22)44(38)42(24)41(23)43/h1-14H,(H,63,64)(H,65,66)(H,67,68)(H,69,70)(H,71,72)(H,73,74)(H,75,76)(H,77,78);1-16H,(H,59,60)(H,61,62)(H,63,64)(H,65,66). The average molecular weight is 1900 g/mol. The minimum Gasteiger partial charge on any atom is -0.478 e. The molecular weight excluding hydrogens is 1860 g/mol. The van der Waals surface area contributed by atoms with Gasteiger partial charge in [0, 0.05) is 129 Å². The van der Waals surface area contributed by atoms with Crippen molar-refractivity contribution in [2.75, 3.05) is 0 Å². The number of aromatic nitrogens is 6. The first-order valence-corrected chi connectivity index (χ1v) is 43.3. The number of hydrogen-bond acceptors (Lipinski definition) is 20. The first kappa shape index (κ1) is 82.2. The molecule has 28 aromatic rings. The van der Waals surface area contributed by atoms with Gasteiger partial charge in [-0.2, -0.15) is 0 Å². The Morgan fingerprint density at radius 2 is 0.368 bits per heavy atom. The molecule has 684 valence electrons. The summed E-state index contributed by atoms with van der Waals surface area (Å²) in [6, 6.07) is 39.2. The molecule has 0 amide bonds. The monoisotopic (exact) mass is 1900 g/mol. The van der Waals surface area contributed by atoms with Crippen molar-refractivity contribution in [3.05, 3.63) is 311 Å². The van der Waals surface area contributed by atoms with Gasteiger partial charge in [-0.15, -0.1) is 0 Å². The van der Waals surface area contributed by atoms with Crippen molar-refractivity contribution in [3.63, 3.8) is 0 Å². The van der Waals surface area contributed by atoms with Crippen molar-refractivity contribution in [2.45, 2.75) is 0 Å². The van der Waals surface area contributed by atoms with E-state index in [0.29, 0.717) is 95.8 Å². The van der Waals surface area contributed by atoms with Gasteiger partial charge in [0.25, 0.3) is 33.4 Å². The van der Waals surface area contributed by atoms with E-state index >= 15 is 28.8 Å². The predicted molar refractivity (Wildman–Crippen MR) is 527 cm³/mol. The molecule has 22 aromatic carbocycles. The lowest BCUT2D eigenvalue weighted by Gasteiger charge is -2.27. The van der Waals surface area contributed by atoms with E-state index in [9.17, 15) is 119 Å². The van der Waals surface area contributed by atoms with Crippen LogP contribution in [0.25, 0.3) is 260 Å². The van der Waals surface area contributed by atoms with E-state index in [-0.39, 0.29) is 163 Å². The summed E-state index contributed by atoms with van der Waals surface area (Å²) in [6.07, 6.45) is 0. The van der Waals surface area contributed by atoms with Crippen LogP contribution in [0.4, 0.5) is 0 Å². The fourth-order valence-corrected chi connectivity index (χ4v) is 23.8. The van der Waals surface area contributed by atoms with Gasteiger partial charge in [-0.05, 0) is 244 Å². The molecule has 0 aliphatic carbocycles. The second kappa shape index (κ2) is 26.9. The molecule has 12 N–H and O–H groups in total. The molecule has 6 aromatic heterocycles. The summed E-state index contributed by atoms with van der Waals surface area (Å²) in [7, 11) is 0. The number of nitrogens with zero attached hydrogens (tertiary/aromatic N) is 6. The van der Waals surface area contributed by atoms with E-state index in [1.165, 1.54) is 33.1 Å². The van der Waals surface area contributed by atoms with Crippen molar-refractivity contribution < 1.29 is 119 Å². The van der Waals surface area contributed by atoms with E-state index in [2.05, 4.69) is 0 Å². The lowest BCUT2D eigenvalue weighted by atomic mass is 9.75. The number of fused-ring (bicyclic) bond motifs is 20. The molecule has 0 saturated carbocycles. The zero-order valence-corrected chi connectivity index (χ0v) is 71.7. The maximum absolute atomic E-state index is 15.3. The summed E-state index contributed by atoms with van der Waals surface area (Å²) in [5.74, 6) is -18.6. The number of rotatable bonds is 14. The molecule has 0 spiro atoms. The number of pyridine rings is 4. The van der Waals surface area contributed by atoms with E-state index in [1.54, 1.807) is 72.8 Å². The smallest absolute Gasteiger partial charge is 0.336 e. The van der Waals surface area contributed by atoms with E-state index < -0.39 is 182 Å². The highest BCUT2D eigenvalue weighted by Gasteiger charge is 2.40. The van der Waals surface area contributed by atoms with Crippen LogP contribution < -0.4 is 33.4 Å². The van der Waals surface area contributed by atoms with Crippen molar-refractivity contribution >= 4 is 320 Å². The molecule has 0 atom stereocenters. The van der Waals surface area contributed by atoms with Crippen LogP contribution in [0, 0.1) is 0 Å². The summed E-state index contributed by atoms with van der Waals surface area (Å²) >= 11 is 0. The van der Waals surface area contributed by atoms with Crippen molar-refractivity contribution in [3.8, 4) is 11.4 Å². The first-order valence-electron chi connectivity index (χ1n) is 43.3. The Labute approximate surface area is 785 Å². The third-order valence-electron chi connectivity index (χ3n) is 29.0. The highest BCUT2D eigenvalue weighted by Crippen LogP contribution is 2.61. The van der Waals surface area contributed by atoms with Gasteiger partial charge in [0.05, 0.1) is 100 Å². The maximum Gasteiger partial charge on any atom is 0.336 e. The lowest BCUT2D eigenvalue weighted by Crippen LogP contribution is -2.32. The highest BCUT2D eigenvalue weighted by molar-refractivity contribution is 6.59. The van der Waals surface area contributed by atoms with Crippen molar-refractivity contribution in [2.24, 2.45) is 0 Å². The third kappa shape index (κ3) is 9.78. The van der Waals surface area contributed by atoms with Gasteiger partial charge in [0.15, 0.2) is 0 Å². The van der Waals surface area contributed by atoms with Crippen LogP contribution >= 0.6 is 0 Å². The summed E-state index contributed by atoms with van der Waals surface area (Å²) in [5.41, 5.74) is -10.5. The number of hydrogen-bond donors (Lipinski definition) is 12. The fraction of sp³-hybridized carbons (Fsp3) is 0. The minimum absolute atomic E-state index is 0.0234. The molecule has 0 bridgehead atoms. The predicted octanol–water partition coefficient (Wildman–Crippen LogP) is 16.5. The lowest BCUT2D eigenvalue weighted by molar-refractivity contribution is 0.0676. The molecule has 0 aliphatic rings. The quantitative estimate of drug-likeness (QED) is 0.0355. The van der Waals surface area contributed by atoms with Crippen LogP contribution in [0.1, 0.15) is 124 Å². The molecule has 0 radical (unpaired) electrons. The molecule has 6 heterocycles. The second-order valence-electron chi connectivity index (χ2n) is 35.6. The first-order chi connectivity index (χ1) is 69.0. The Balaban J connectivity index is 0.000000145. The highest BCUT2D eigenvalue weighted by atomic mass is 16.4. The van der Waals surface area contributed by atoms with E-state index in [0.717, 1.165) is 84.9 Å². The van der Waals surface area contributed by atoms with Gasteiger partial charge in [-0.1, -0.05) is 24.3 Å². The Hall–Kier alpha value is -21.2. The summed E-state index contributed by atoms with van der Waals surface area (Å²) in [4.78, 5) is 259. The zero-order chi connectivity index (χ0) is 100.0. The van der Waals surface area contributed by atoms with Gasteiger partial charge in [0.1, 0.15) is 11.3 Å². The molecule has 144 heavy (non-hydrogen) atoms. The van der Waals surface area contributed by atoms with Crippen LogP contribution in [0.15, 0.2) is 211 Å². The molecule has 0 fully saturated rings. The van der Waals surface area contributed by atoms with Crippen LogP contribution in [0.2, 0.25) is 0 Å². The molecule has 36 nitrogen and oxygen atoms in total. The molecule has 0 saturated heterocycles. The minimum atomic E-state index is -1.66. The van der Waals surface area contributed by atoms with Gasteiger partial charge < -0.3 is 61.3 Å². The molecular formula is C108H42N6O30. The number of aromatic carboxylic acids is 12. The van der Waals surface area contributed by atoms with Gasteiger partial charge in [-0.25, -0.2) is 76.6 Å². The Kier molecular flexibility index (Phi) is 15.4. The normalized spacial score (nSPS) is 12.4. The van der Waals surface area contributed by atoms with E-state index in [4.69, 9.17) is 9.97 Å². The van der Waals surface area contributed by atoms with Crippen LogP contribution in [-0.2, 0) is 0 Å². The van der Waals surface area contributed by atoms with Crippen LogP contribution in [-0.4, -0.2) is 161 Å². The Morgan fingerprint density at radius 1 is 0.181 bits per heavy atom. The van der Waals surface area contributed by atoms with Crippen molar-refractivity contribution in [1.82, 2.24) is 27.9 Å². The largest absolute Gasteiger partial charge is 0.478 e. The number of carbonyl (C=O) groups is 12. The SMILES string of the molecule is O=C(O)c1cc(C(=O)O)cc(-n2c(=O)c3cc4c5c(C(=O)O)ccc(C(=O)O)c5c5cc6c(=O)n(-c7cc(C(=O)O)cc(C(=O)O)c7)c(=O)c7cc8c9c(C(=O)O)ccc(C(=O)O)c9c9cc(c2=O)c3c2c4c5c(c67)c8c92)c1.O=C(O)c1ccc(C(=O)O)c2c3cc4c(=O)n5c6ccccc6nc5c5cc6c7c(C(=O)O)ccc(C(=O)O)c7c7cc8c9c(cc(c12)c1c3c(c45)c6c7c91)c(=O)n1c2ccccc2nc81. The number of carboxylic acid groups (broad SMARTS) is 12. The fourth-order valence-electron chi connectivity index (χ4n) is 23.8. The van der Waals surface area contributed by atoms with E-state index in [1.807, 2.05) is 0 Å². The summed E-state index contributed by atoms with van der Waals surface area (Å²) < 4.78 is 3.82. The van der Waals surface area contributed by atoms with Crippen LogP contribution in [0.5, 0.6) is 0 Å². The Bertz CT molecular complexity index is 10800. The second-order valence-corrected chi connectivity index (χ2v) is 35.6. The van der Waals surface area contributed by atoms with Crippen molar-refractivity contribution in [1.29, 1.82) is 0 Å². The summed E-state index contributed by atoms with van der Waals surface area (Å²) in [5, 5.41) is 129. The zero-order valence-electron chi connectivity index (χ0n) is 71.7. The number of benzene rings is 22. The molecule has 28 rings (SSSR count). The summed E-state index contributed by atoms with van der Waals surface area (Å²) in [6.45, 7) is 0. The maximum atomic E-state index is 15.3.